The smallest absolute Gasteiger partial charge is 0.394 e. The summed E-state index contributed by atoms with van der Waals surface area (Å²) in [5.41, 5.74) is 0.0308. The van der Waals surface area contributed by atoms with Crippen LogP contribution in [0.5, 0.6) is 0 Å². The van der Waals surface area contributed by atoms with Crippen LogP contribution < -0.4 is 10.9 Å². The average Bonchev–Trinajstić information content (AvgIpc) is 2.60. The molecule has 2 aromatic rings. The van der Waals surface area contributed by atoms with Crippen LogP contribution in [-0.2, 0) is 9.59 Å². The number of aliphatic carboxylic acids is 1. The molecule has 0 saturated carbocycles. The third kappa shape index (κ3) is 6.39. The highest BCUT2D eigenvalue weighted by molar-refractivity contribution is 9.10. The van der Waals surface area contributed by atoms with Gasteiger partial charge in [0.15, 0.2) is 0 Å². The number of nitrogens with one attached hydrogen (secondary N) is 1. The van der Waals surface area contributed by atoms with Gasteiger partial charge in [-0.1, -0.05) is 18.2 Å². The number of para-hydroxylation sites is 1. The van der Waals surface area contributed by atoms with Crippen LogP contribution in [-0.4, -0.2) is 64.0 Å². The number of hydrogen-bond donors (Lipinski definition) is 3. The first-order chi connectivity index (χ1) is 12.3. The monoisotopic (exact) mass is 426 g/mol. The number of carboxylic acids is 1. The van der Waals surface area contributed by atoms with Crippen molar-refractivity contribution in [3.05, 3.63) is 51.4 Å². The summed E-state index contributed by atoms with van der Waals surface area (Å²) in [4.78, 5) is 35.5. The number of benzene rings is 1. The Bertz CT molecular complexity index is 808. The van der Waals surface area contributed by atoms with Crippen molar-refractivity contribution >= 4 is 33.5 Å². The van der Waals surface area contributed by atoms with Crippen LogP contribution in [0.15, 0.2) is 45.8 Å². The molecule has 1 aromatic carbocycles. The highest BCUT2D eigenvalue weighted by Crippen LogP contribution is 2.17. The average molecular weight is 427 g/mol. The zero-order valence-electron chi connectivity index (χ0n) is 14.2. The van der Waals surface area contributed by atoms with E-state index in [1.165, 1.54) is 6.20 Å². The third-order valence-electron chi connectivity index (χ3n) is 2.91. The Hall–Kier alpha value is -2.56. The second-order valence-electron chi connectivity index (χ2n) is 5.21. The Morgan fingerprint density at radius 2 is 1.88 bits per heavy atom. The highest BCUT2D eigenvalue weighted by Gasteiger charge is 2.16. The number of carbonyl (C=O) groups is 2. The summed E-state index contributed by atoms with van der Waals surface area (Å²) in [5.74, 6) is -2.89. The van der Waals surface area contributed by atoms with E-state index in [1.807, 2.05) is 19.0 Å². The molecule has 0 aliphatic carbocycles. The maximum atomic E-state index is 12.1. The number of likely N-dealkylation sites (N-methyl/N-ethyl adjacent to an activating group) is 1. The van der Waals surface area contributed by atoms with Gasteiger partial charge in [-0.15, -0.1) is 0 Å². The molecular formula is C16H19BrN4O5. The van der Waals surface area contributed by atoms with E-state index in [0.29, 0.717) is 5.69 Å². The number of amides is 1. The van der Waals surface area contributed by atoms with E-state index < -0.39 is 17.4 Å². The van der Waals surface area contributed by atoms with E-state index >= 15 is 0 Å². The standard InChI is InChI=1S/C12H8BrN3O4.C4H11NO/c13-9-8(15-10(17)12(19)20)6-14-16(11(9)18)7-4-2-1-3-5-7;1-5(2)3-4-6/h1-6H,(H,15,17)(H,19,20);6H,3-4H2,1-2H3. The van der Waals surface area contributed by atoms with Gasteiger partial charge in [0.05, 0.1) is 24.2 Å². The Morgan fingerprint density at radius 1 is 1.27 bits per heavy atom. The predicted octanol–water partition coefficient (Wildman–Crippen LogP) is 0.558. The van der Waals surface area contributed by atoms with Gasteiger partial charge in [0.2, 0.25) is 0 Å². The molecule has 1 heterocycles. The summed E-state index contributed by atoms with van der Waals surface area (Å²) in [6.07, 6.45) is 1.19. The minimum Gasteiger partial charge on any atom is -0.474 e. The lowest BCUT2D eigenvalue weighted by Crippen LogP contribution is -2.27. The van der Waals surface area contributed by atoms with Gasteiger partial charge >= 0.3 is 11.9 Å². The number of anilines is 1. The molecule has 1 amide bonds. The molecular weight excluding hydrogens is 408 g/mol. The van der Waals surface area contributed by atoms with E-state index in [0.717, 1.165) is 11.2 Å². The number of nitrogens with zero attached hydrogens (tertiary/aromatic N) is 3. The second kappa shape index (κ2) is 10.4. The second-order valence-corrected chi connectivity index (χ2v) is 6.00. The van der Waals surface area contributed by atoms with Crippen LogP contribution in [0.1, 0.15) is 0 Å². The van der Waals surface area contributed by atoms with Crippen LogP contribution in [0.2, 0.25) is 0 Å². The molecule has 0 saturated heterocycles. The Morgan fingerprint density at radius 3 is 2.35 bits per heavy atom. The zero-order chi connectivity index (χ0) is 19.7. The Labute approximate surface area is 158 Å². The van der Waals surface area contributed by atoms with Crippen molar-refractivity contribution in [1.29, 1.82) is 0 Å². The van der Waals surface area contributed by atoms with Crippen LogP contribution in [0.4, 0.5) is 5.69 Å². The molecule has 0 aliphatic rings. The molecule has 9 nitrogen and oxygen atoms in total. The van der Waals surface area contributed by atoms with Gasteiger partial charge in [-0.25, -0.2) is 4.79 Å². The lowest BCUT2D eigenvalue weighted by atomic mass is 10.3. The van der Waals surface area contributed by atoms with E-state index in [-0.39, 0.29) is 16.8 Å². The molecule has 0 bridgehead atoms. The number of aliphatic hydroxyl groups is 1. The van der Waals surface area contributed by atoms with Gasteiger partial charge in [-0.2, -0.15) is 9.78 Å². The van der Waals surface area contributed by atoms with Crippen LogP contribution in [0.3, 0.4) is 0 Å². The first-order valence-corrected chi connectivity index (χ1v) is 8.20. The van der Waals surface area contributed by atoms with E-state index in [4.69, 9.17) is 10.2 Å². The number of carboxylic acid groups (broad SMARTS) is 1. The largest absolute Gasteiger partial charge is 0.474 e. The molecule has 2 rings (SSSR count). The number of carbonyl (C=O) groups excluding carboxylic acids is 1. The van der Waals surface area contributed by atoms with Crippen LogP contribution >= 0.6 is 15.9 Å². The summed E-state index contributed by atoms with van der Waals surface area (Å²) >= 11 is 3.02. The zero-order valence-corrected chi connectivity index (χ0v) is 15.8. The number of hydrogen-bond acceptors (Lipinski definition) is 6. The molecule has 26 heavy (non-hydrogen) atoms. The van der Waals surface area contributed by atoms with Crippen molar-refractivity contribution < 1.29 is 19.8 Å². The number of rotatable bonds is 4. The first kappa shape index (κ1) is 21.5. The van der Waals surface area contributed by atoms with Crippen LogP contribution in [0.25, 0.3) is 5.69 Å². The molecule has 1 aromatic heterocycles. The third-order valence-corrected chi connectivity index (χ3v) is 3.68. The Kier molecular flexibility index (Phi) is 8.62. The van der Waals surface area contributed by atoms with Gasteiger partial charge in [-0.05, 0) is 42.2 Å². The predicted molar refractivity (Wildman–Crippen MR) is 99.4 cm³/mol. The van der Waals surface area contributed by atoms with Gasteiger partial charge in [0, 0.05) is 6.54 Å². The quantitative estimate of drug-likeness (QED) is 0.609. The molecule has 0 atom stereocenters. The van der Waals surface area contributed by atoms with E-state index in [9.17, 15) is 14.4 Å². The summed E-state index contributed by atoms with van der Waals surface area (Å²) in [6.45, 7) is 1.02. The maximum Gasteiger partial charge on any atom is 0.394 e. The molecule has 0 fully saturated rings. The molecule has 0 spiro atoms. The molecule has 0 aliphatic heterocycles. The fourth-order valence-electron chi connectivity index (χ4n) is 1.65. The molecule has 0 radical (unpaired) electrons. The first-order valence-electron chi connectivity index (χ1n) is 7.41. The van der Waals surface area contributed by atoms with Crippen molar-refractivity contribution in [2.24, 2.45) is 0 Å². The van der Waals surface area contributed by atoms with Gasteiger partial charge in [0.1, 0.15) is 4.47 Å². The van der Waals surface area contributed by atoms with Crippen molar-refractivity contribution in [1.82, 2.24) is 14.7 Å². The van der Waals surface area contributed by atoms with Crippen molar-refractivity contribution in [2.45, 2.75) is 0 Å². The van der Waals surface area contributed by atoms with E-state index in [2.05, 4.69) is 26.3 Å². The topological polar surface area (TPSA) is 125 Å². The minimum atomic E-state index is -1.65. The summed E-state index contributed by atoms with van der Waals surface area (Å²) in [6, 6.07) is 8.67. The number of aromatic nitrogens is 2. The fraction of sp³-hybridized carbons (Fsp3) is 0.250. The highest BCUT2D eigenvalue weighted by atomic mass is 79.9. The normalized spacial score (nSPS) is 10.0. The number of halogens is 1. The fourth-order valence-corrected chi connectivity index (χ4v) is 2.02. The SMILES string of the molecule is CN(C)CCO.O=C(O)C(=O)Nc1cnn(-c2ccccc2)c(=O)c1Br. The van der Waals surface area contributed by atoms with Gasteiger partial charge < -0.3 is 20.4 Å². The van der Waals surface area contributed by atoms with Gasteiger partial charge in [-0.3, -0.25) is 9.59 Å². The lowest BCUT2D eigenvalue weighted by Gasteiger charge is -2.08. The molecule has 140 valence electrons. The summed E-state index contributed by atoms with van der Waals surface area (Å²) in [5, 5.41) is 22.7. The maximum absolute atomic E-state index is 12.1. The van der Waals surface area contributed by atoms with Crippen LogP contribution in [0, 0.1) is 0 Å². The van der Waals surface area contributed by atoms with Gasteiger partial charge in [0.25, 0.3) is 5.56 Å². The van der Waals surface area contributed by atoms with Crippen molar-refractivity contribution in [2.75, 3.05) is 32.6 Å². The minimum absolute atomic E-state index is 0.00502. The summed E-state index contributed by atoms with van der Waals surface area (Å²) in [7, 11) is 3.85. The van der Waals surface area contributed by atoms with E-state index in [1.54, 1.807) is 30.3 Å². The molecule has 0 unspecified atom stereocenters. The number of aliphatic hydroxyl groups excluding tert-OH is 1. The van der Waals surface area contributed by atoms with Crippen molar-refractivity contribution in [3.63, 3.8) is 0 Å². The molecule has 10 heteroatoms. The molecule has 3 N–H and O–H groups in total. The lowest BCUT2D eigenvalue weighted by molar-refractivity contribution is -0.147. The Balaban J connectivity index is 0.000000487. The summed E-state index contributed by atoms with van der Waals surface area (Å²) < 4.78 is 1.14. The van der Waals surface area contributed by atoms with Crippen molar-refractivity contribution in [3.8, 4) is 5.69 Å².